The van der Waals surface area contributed by atoms with Gasteiger partial charge in [-0.1, -0.05) is 0 Å². The number of carbonyl (C=O) groups excluding carboxylic acids is 3. The summed E-state index contributed by atoms with van der Waals surface area (Å²) in [6.07, 6.45) is -0.640. The Morgan fingerprint density at radius 2 is 1.65 bits per heavy atom. The number of methoxy groups -OCH3 is 2. The molecule has 0 saturated carbocycles. The summed E-state index contributed by atoms with van der Waals surface area (Å²) in [7, 11) is 4.36. The third-order valence-corrected chi connectivity index (χ3v) is 3.05. The summed E-state index contributed by atoms with van der Waals surface area (Å²) < 4.78 is 15.4. The van der Waals surface area contributed by atoms with Gasteiger partial charge < -0.3 is 19.1 Å². The first kappa shape index (κ1) is 21.1. The summed E-state index contributed by atoms with van der Waals surface area (Å²) in [5, 5.41) is 0. The first-order valence-corrected chi connectivity index (χ1v) is 7.82. The molecular weight excluding hydrogens is 342 g/mol. The molecule has 1 rings (SSSR count). The van der Waals surface area contributed by atoms with E-state index in [0.717, 1.165) is 4.90 Å². The second kappa shape index (κ2) is 8.93. The van der Waals surface area contributed by atoms with Crippen LogP contribution < -0.4 is 20.3 Å². The van der Waals surface area contributed by atoms with E-state index < -0.39 is 23.5 Å². The van der Waals surface area contributed by atoms with E-state index in [1.54, 1.807) is 26.8 Å². The highest BCUT2D eigenvalue weighted by Gasteiger charge is 2.21. The Morgan fingerprint density at radius 3 is 2.19 bits per heavy atom. The number of hydrogen-bond donors (Lipinski definition) is 2. The fraction of sp³-hybridized carbons (Fsp3) is 0.471. The highest BCUT2D eigenvalue weighted by atomic mass is 16.6. The van der Waals surface area contributed by atoms with Crippen LogP contribution in [0.15, 0.2) is 18.2 Å². The van der Waals surface area contributed by atoms with Crippen molar-refractivity contribution in [2.24, 2.45) is 0 Å². The summed E-state index contributed by atoms with van der Waals surface area (Å²) >= 11 is 0. The second-order valence-electron chi connectivity index (χ2n) is 6.41. The molecule has 3 amide bonds. The normalized spacial score (nSPS) is 10.5. The predicted molar refractivity (Wildman–Crippen MR) is 94.0 cm³/mol. The second-order valence-corrected chi connectivity index (χ2v) is 6.41. The highest BCUT2D eigenvalue weighted by Crippen LogP contribution is 2.27. The zero-order valence-corrected chi connectivity index (χ0v) is 15.8. The molecule has 0 atom stereocenters. The van der Waals surface area contributed by atoms with Gasteiger partial charge in [0, 0.05) is 12.6 Å². The monoisotopic (exact) mass is 367 g/mol. The quantitative estimate of drug-likeness (QED) is 0.761. The van der Waals surface area contributed by atoms with E-state index in [4.69, 9.17) is 14.2 Å². The van der Waals surface area contributed by atoms with Crippen LogP contribution in [0.4, 0.5) is 4.79 Å². The lowest BCUT2D eigenvalue weighted by atomic mass is 10.2. The fourth-order valence-electron chi connectivity index (χ4n) is 1.84. The molecule has 9 heteroatoms. The number of likely N-dealkylation sites (N-methyl/N-ethyl adjacent to an activating group) is 1. The van der Waals surface area contributed by atoms with E-state index in [1.807, 2.05) is 0 Å². The van der Waals surface area contributed by atoms with Crippen molar-refractivity contribution in [3.63, 3.8) is 0 Å². The smallest absolute Gasteiger partial charge is 0.410 e. The Kier molecular flexibility index (Phi) is 7.24. The van der Waals surface area contributed by atoms with Crippen molar-refractivity contribution in [2.45, 2.75) is 26.4 Å². The van der Waals surface area contributed by atoms with Crippen molar-refractivity contribution < 1.29 is 28.6 Å². The lowest BCUT2D eigenvalue weighted by Gasteiger charge is -2.24. The Labute approximate surface area is 152 Å². The van der Waals surface area contributed by atoms with Crippen LogP contribution in [0, 0.1) is 0 Å². The van der Waals surface area contributed by atoms with Crippen molar-refractivity contribution in [3.8, 4) is 11.5 Å². The van der Waals surface area contributed by atoms with E-state index in [0.29, 0.717) is 11.5 Å². The van der Waals surface area contributed by atoms with Crippen LogP contribution >= 0.6 is 0 Å². The van der Waals surface area contributed by atoms with Crippen LogP contribution in [-0.2, 0) is 9.53 Å². The molecule has 0 aromatic heterocycles. The number of ether oxygens (including phenoxy) is 3. The molecule has 0 fully saturated rings. The van der Waals surface area contributed by atoms with Gasteiger partial charge >= 0.3 is 6.09 Å². The summed E-state index contributed by atoms with van der Waals surface area (Å²) in [6.45, 7) is 4.90. The standard InChI is InChI=1S/C17H25N3O6/c1-17(2,3)26-16(23)20(4)10-14(21)18-19-15(22)11-7-8-12(24-5)13(9-11)25-6/h7-9H,10H2,1-6H3,(H,18,21)(H,19,22). The van der Waals surface area contributed by atoms with Crippen LogP contribution in [-0.4, -0.2) is 56.2 Å². The van der Waals surface area contributed by atoms with Crippen molar-refractivity contribution in [1.82, 2.24) is 15.8 Å². The maximum atomic E-state index is 12.1. The number of hydrogen-bond acceptors (Lipinski definition) is 6. The lowest BCUT2D eigenvalue weighted by molar-refractivity contribution is -0.122. The van der Waals surface area contributed by atoms with Gasteiger partial charge in [-0.15, -0.1) is 0 Å². The van der Waals surface area contributed by atoms with E-state index in [1.165, 1.54) is 33.4 Å². The number of nitrogens with one attached hydrogen (secondary N) is 2. The molecular formula is C17H25N3O6. The number of benzene rings is 1. The summed E-state index contributed by atoms with van der Waals surface area (Å²) in [6, 6.07) is 4.58. The maximum absolute atomic E-state index is 12.1. The van der Waals surface area contributed by atoms with Gasteiger partial charge in [0.25, 0.3) is 11.8 Å². The Hall–Kier alpha value is -2.97. The van der Waals surface area contributed by atoms with Crippen LogP contribution in [0.5, 0.6) is 11.5 Å². The molecule has 0 heterocycles. The highest BCUT2D eigenvalue weighted by molar-refractivity contribution is 5.96. The van der Waals surface area contributed by atoms with Gasteiger partial charge in [-0.2, -0.15) is 0 Å². The average Bonchev–Trinajstić information content (AvgIpc) is 2.57. The number of hydrazine groups is 1. The molecule has 0 aliphatic carbocycles. The summed E-state index contributed by atoms with van der Waals surface area (Å²) in [5.41, 5.74) is 4.11. The molecule has 144 valence electrons. The molecule has 1 aromatic rings. The topological polar surface area (TPSA) is 106 Å². The van der Waals surface area contributed by atoms with Crippen LogP contribution in [0.25, 0.3) is 0 Å². The SMILES string of the molecule is COc1ccc(C(=O)NNC(=O)CN(C)C(=O)OC(C)(C)C)cc1OC. The predicted octanol–water partition coefficient (Wildman–Crippen LogP) is 1.33. The largest absolute Gasteiger partial charge is 0.493 e. The molecule has 0 radical (unpaired) electrons. The van der Waals surface area contributed by atoms with Crippen LogP contribution in [0.3, 0.4) is 0 Å². The van der Waals surface area contributed by atoms with Crippen molar-refractivity contribution in [3.05, 3.63) is 23.8 Å². The molecule has 0 unspecified atom stereocenters. The third-order valence-electron chi connectivity index (χ3n) is 3.05. The van der Waals surface area contributed by atoms with Gasteiger partial charge in [-0.25, -0.2) is 4.79 Å². The van der Waals surface area contributed by atoms with Gasteiger partial charge in [-0.3, -0.25) is 20.4 Å². The molecule has 0 bridgehead atoms. The van der Waals surface area contributed by atoms with Gasteiger partial charge in [-0.05, 0) is 39.0 Å². The zero-order chi connectivity index (χ0) is 19.9. The van der Waals surface area contributed by atoms with E-state index in [2.05, 4.69) is 10.9 Å². The summed E-state index contributed by atoms with van der Waals surface area (Å²) in [4.78, 5) is 36.9. The minimum atomic E-state index is -0.663. The Morgan fingerprint density at radius 1 is 1.04 bits per heavy atom. The molecule has 9 nitrogen and oxygen atoms in total. The fourth-order valence-corrected chi connectivity index (χ4v) is 1.84. The molecule has 2 N–H and O–H groups in total. The molecule has 0 aliphatic rings. The average molecular weight is 367 g/mol. The minimum absolute atomic E-state index is 0.267. The number of nitrogens with zero attached hydrogens (tertiary/aromatic N) is 1. The van der Waals surface area contributed by atoms with E-state index in [-0.39, 0.29) is 12.1 Å². The molecule has 0 spiro atoms. The maximum Gasteiger partial charge on any atom is 0.410 e. The molecule has 26 heavy (non-hydrogen) atoms. The Balaban J connectivity index is 2.57. The van der Waals surface area contributed by atoms with E-state index in [9.17, 15) is 14.4 Å². The number of rotatable bonds is 5. The van der Waals surface area contributed by atoms with Gasteiger partial charge in [0.15, 0.2) is 11.5 Å². The minimum Gasteiger partial charge on any atom is -0.493 e. The molecule has 0 aliphatic heterocycles. The first-order chi connectivity index (χ1) is 12.1. The van der Waals surface area contributed by atoms with Crippen molar-refractivity contribution in [1.29, 1.82) is 0 Å². The first-order valence-electron chi connectivity index (χ1n) is 7.82. The lowest BCUT2D eigenvalue weighted by Crippen LogP contribution is -2.47. The van der Waals surface area contributed by atoms with Gasteiger partial charge in [0.1, 0.15) is 12.1 Å². The molecule has 0 saturated heterocycles. The van der Waals surface area contributed by atoms with Gasteiger partial charge in [0.2, 0.25) is 0 Å². The molecule has 1 aromatic carbocycles. The Bertz CT molecular complexity index is 669. The van der Waals surface area contributed by atoms with E-state index >= 15 is 0 Å². The summed E-state index contributed by atoms with van der Waals surface area (Å²) in [5.74, 6) is -0.255. The third kappa shape index (κ3) is 6.50. The van der Waals surface area contributed by atoms with Crippen molar-refractivity contribution in [2.75, 3.05) is 27.8 Å². The van der Waals surface area contributed by atoms with Gasteiger partial charge in [0.05, 0.1) is 14.2 Å². The van der Waals surface area contributed by atoms with Crippen LogP contribution in [0.1, 0.15) is 31.1 Å². The zero-order valence-electron chi connectivity index (χ0n) is 15.8. The van der Waals surface area contributed by atoms with Crippen LogP contribution in [0.2, 0.25) is 0 Å². The number of amides is 3. The number of carbonyl (C=O) groups is 3. The van der Waals surface area contributed by atoms with Crippen molar-refractivity contribution >= 4 is 17.9 Å².